The van der Waals surface area contributed by atoms with Gasteiger partial charge in [-0.3, -0.25) is 9.55 Å². The van der Waals surface area contributed by atoms with Crippen LogP contribution in [-0.2, 0) is 0 Å². The molecule has 0 aliphatic carbocycles. The van der Waals surface area contributed by atoms with E-state index >= 15 is 0 Å². The van der Waals surface area contributed by atoms with Crippen molar-refractivity contribution in [2.45, 2.75) is 12.8 Å². The van der Waals surface area contributed by atoms with E-state index in [1.54, 1.807) is 17.3 Å². The van der Waals surface area contributed by atoms with Crippen LogP contribution >= 0.6 is 0 Å². The molecule has 2 aromatic rings. The Morgan fingerprint density at radius 2 is 2.09 bits per heavy atom. The lowest BCUT2D eigenvalue weighted by atomic mass is 9.96. The van der Waals surface area contributed by atoms with Crippen molar-refractivity contribution in [2.24, 2.45) is 0 Å². The van der Waals surface area contributed by atoms with Crippen LogP contribution < -0.4 is 0 Å². The Hall–Kier alpha value is -3.01. The van der Waals surface area contributed by atoms with Crippen molar-refractivity contribution < 1.29 is 9.18 Å². The van der Waals surface area contributed by atoms with Gasteiger partial charge < -0.3 is 4.90 Å². The predicted molar refractivity (Wildman–Crippen MR) is 80.6 cm³/mol. The van der Waals surface area contributed by atoms with E-state index in [1.807, 2.05) is 0 Å². The number of amides is 1. The van der Waals surface area contributed by atoms with Crippen LogP contribution in [0.3, 0.4) is 0 Å². The molecule has 3 rings (SSSR count). The average Bonchev–Trinajstić information content (AvgIpc) is 3.12. The molecule has 0 N–H and O–H groups in total. The van der Waals surface area contributed by atoms with E-state index in [4.69, 9.17) is 0 Å². The molecule has 6 nitrogen and oxygen atoms in total. The Bertz CT molecular complexity index is 764. The van der Waals surface area contributed by atoms with Crippen molar-refractivity contribution in [1.29, 1.82) is 5.26 Å². The smallest absolute Gasteiger partial charge is 0.323 e. The minimum Gasteiger partial charge on any atom is -0.323 e. The second-order valence-corrected chi connectivity index (χ2v) is 5.19. The fraction of sp³-hybridized carbons (Fsp3) is 0.250. The van der Waals surface area contributed by atoms with E-state index in [0.717, 1.165) is 11.8 Å². The topological polar surface area (TPSA) is 74.8 Å². The number of allylic oxidation sites excluding steroid dienone is 1. The molecule has 0 aromatic carbocycles. The van der Waals surface area contributed by atoms with Crippen molar-refractivity contribution in [3.8, 4) is 6.07 Å². The number of nitrogens with zero attached hydrogens (tertiary/aromatic N) is 5. The number of imidazole rings is 1. The number of piperidine rings is 1. The lowest BCUT2D eigenvalue weighted by Gasteiger charge is -2.28. The summed E-state index contributed by atoms with van der Waals surface area (Å²) in [7, 11) is 0. The first kappa shape index (κ1) is 14.9. The summed E-state index contributed by atoms with van der Waals surface area (Å²) < 4.78 is 14.4. The zero-order chi connectivity index (χ0) is 16.2. The SMILES string of the molecule is N#CC(=C1CCN(C(=O)n2ccnc2)CC1)c1ccc(F)cn1. The Morgan fingerprint density at radius 3 is 2.65 bits per heavy atom. The number of likely N-dealkylation sites (tertiary alicyclic amines) is 1. The van der Waals surface area contributed by atoms with E-state index in [-0.39, 0.29) is 6.03 Å². The largest absolute Gasteiger partial charge is 0.329 e. The van der Waals surface area contributed by atoms with Gasteiger partial charge in [-0.1, -0.05) is 0 Å². The fourth-order valence-corrected chi connectivity index (χ4v) is 2.59. The first-order valence-electron chi connectivity index (χ1n) is 7.20. The van der Waals surface area contributed by atoms with E-state index in [9.17, 15) is 14.4 Å². The van der Waals surface area contributed by atoms with Crippen molar-refractivity contribution in [3.63, 3.8) is 0 Å². The van der Waals surface area contributed by atoms with Crippen molar-refractivity contribution in [3.05, 3.63) is 54.1 Å². The second-order valence-electron chi connectivity index (χ2n) is 5.19. The number of pyridine rings is 1. The Balaban J connectivity index is 1.75. The first-order chi connectivity index (χ1) is 11.2. The third-order valence-electron chi connectivity index (χ3n) is 3.81. The first-order valence-corrected chi connectivity index (χ1v) is 7.20. The van der Waals surface area contributed by atoms with E-state index in [0.29, 0.717) is 37.2 Å². The molecule has 0 saturated carbocycles. The minimum atomic E-state index is -0.434. The van der Waals surface area contributed by atoms with Gasteiger partial charge in [0.05, 0.1) is 17.5 Å². The van der Waals surface area contributed by atoms with Gasteiger partial charge in [0.2, 0.25) is 0 Å². The highest BCUT2D eigenvalue weighted by Crippen LogP contribution is 2.25. The number of hydrogen-bond acceptors (Lipinski definition) is 4. The molecule has 1 aliphatic heterocycles. The molecule has 2 aromatic heterocycles. The molecule has 1 amide bonds. The maximum atomic E-state index is 13.0. The van der Waals surface area contributed by atoms with Crippen LogP contribution in [0.2, 0.25) is 0 Å². The molecule has 1 saturated heterocycles. The normalized spacial score (nSPS) is 14.4. The zero-order valence-corrected chi connectivity index (χ0v) is 12.3. The molecule has 116 valence electrons. The number of hydrogen-bond donors (Lipinski definition) is 0. The maximum Gasteiger partial charge on any atom is 0.329 e. The van der Waals surface area contributed by atoms with Gasteiger partial charge in [-0.05, 0) is 30.5 Å². The molecule has 0 atom stereocenters. The van der Waals surface area contributed by atoms with Gasteiger partial charge in [0, 0.05) is 25.5 Å². The Labute approximate surface area is 132 Å². The molecule has 3 heterocycles. The zero-order valence-electron chi connectivity index (χ0n) is 12.3. The van der Waals surface area contributed by atoms with Gasteiger partial charge in [-0.2, -0.15) is 5.26 Å². The molecule has 0 bridgehead atoms. The summed E-state index contributed by atoms with van der Waals surface area (Å²) in [6.45, 7) is 1.05. The third-order valence-corrected chi connectivity index (χ3v) is 3.81. The van der Waals surface area contributed by atoms with Crippen LogP contribution in [0.4, 0.5) is 9.18 Å². The maximum absolute atomic E-state index is 13.0. The Morgan fingerprint density at radius 1 is 1.30 bits per heavy atom. The highest BCUT2D eigenvalue weighted by molar-refractivity contribution is 5.79. The molecule has 0 spiro atoms. The van der Waals surface area contributed by atoms with Gasteiger partial charge in [-0.25, -0.2) is 14.2 Å². The van der Waals surface area contributed by atoms with Gasteiger partial charge in [0.1, 0.15) is 18.2 Å². The summed E-state index contributed by atoms with van der Waals surface area (Å²) >= 11 is 0. The number of rotatable bonds is 1. The van der Waals surface area contributed by atoms with Crippen LogP contribution in [-0.4, -0.2) is 38.6 Å². The monoisotopic (exact) mass is 311 g/mol. The molecular formula is C16H14FN5O. The van der Waals surface area contributed by atoms with Gasteiger partial charge >= 0.3 is 6.03 Å². The summed E-state index contributed by atoms with van der Waals surface area (Å²) in [5.74, 6) is -0.434. The molecule has 1 fully saturated rings. The summed E-state index contributed by atoms with van der Waals surface area (Å²) in [5.41, 5.74) is 1.89. The van der Waals surface area contributed by atoms with Crippen molar-refractivity contribution in [1.82, 2.24) is 19.4 Å². The number of aromatic nitrogens is 3. The minimum absolute atomic E-state index is 0.125. The quantitative estimate of drug-likeness (QED) is 0.758. The van der Waals surface area contributed by atoms with Gasteiger partial charge in [0.15, 0.2) is 0 Å². The summed E-state index contributed by atoms with van der Waals surface area (Å²) in [5, 5.41) is 9.39. The number of halogens is 1. The van der Waals surface area contributed by atoms with E-state index in [1.165, 1.54) is 23.0 Å². The number of nitriles is 1. The summed E-state index contributed by atoms with van der Waals surface area (Å²) in [4.78, 5) is 21.8. The third kappa shape index (κ3) is 3.11. The average molecular weight is 311 g/mol. The van der Waals surface area contributed by atoms with Crippen LogP contribution in [0, 0.1) is 17.1 Å². The second kappa shape index (κ2) is 6.40. The molecule has 1 aliphatic rings. The molecule has 23 heavy (non-hydrogen) atoms. The molecule has 7 heteroatoms. The van der Waals surface area contributed by atoms with Crippen molar-refractivity contribution >= 4 is 11.6 Å². The summed E-state index contributed by atoms with van der Waals surface area (Å²) in [6.07, 6.45) is 6.94. The summed E-state index contributed by atoms with van der Waals surface area (Å²) in [6, 6.07) is 4.82. The lowest BCUT2D eigenvalue weighted by Crippen LogP contribution is -2.38. The number of carbonyl (C=O) groups excluding carboxylic acids is 1. The number of carbonyl (C=O) groups is 1. The standard InChI is InChI=1S/C16H14FN5O/c17-13-1-2-15(20-10-13)14(9-18)12-3-6-21(7-4-12)16(23)22-8-5-19-11-22/h1-2,5,8,10-11H,3-4,6-7H2. The van der Waals surface area contributed by atoms with Crippen LogP contribution in [0.5, 0.6) is 0 Å². The van der Waals surface area contributed by atoms with Crippen LogP contribution in [0.25, 0.3) is 5.57 Å². The lowest BCUT2D eigenvalue weighted by molar-refractivity contribution is 0.195. The fourth-order valence-electron chi connectivity index (χ4n) is 2.59. The van der Waals surface area contributed by atoms with Crippen LogP contribution in [0.15, 0.2) is 42.6 Å². The highest BCUT2D eigenvalue weighted by Gasteiger charge is 2.22. The van der Waals surface area contributed by atoms with E-state index < -0.39 is 5.82 Å². The molecule has 0 radical (unpaired) electrons. The Kier molecular flexibility index (Phi) is 4.15. The highest BCUT2D eigenvalue weighted by atomic mass is 19.1. The van der Waals surface area contributed by atoms with E-state index in [2.05, 4.69) is 16.0 Å². The predicted octanol–water partition coefficient (Wildman–Crippen LogP) is 2.46. The molecular weight excluding hydrogens is 297 g/mol. The van der Waals surface area contributed by atoms with Crippen LogP contribution in [0.1, 0.15) is 18.5 Å². The van der Waals surface area contributed by atoms with Gasteiger partial charge in [0.25, 0.3) is 0 Å². The van der Waals surface area contributed by atoms with Gasteiger partial charge in [-0.15, -0.1) is 0 Å². The van der Waals surface area contributed by atoms with Crippen molar-refractivity contribution in [2.75, 3.05) is 13.1 Å². The molecule has 0 unspecified atom stereocenters.